The lowest BCUT2D eigenvalue weighted by molar-refractivity contribution is -0.0540. The molecule has 0 amide bonds. The summed E-state index contributed by atoms with van der Waals surface area (Å²) < 4.78 is 21.0. The van der Waals surface area contributed by atoms with Gasteiger partial charge in [0.15, 0.2) is 0 Å². The first-order valence-electron chi connectivity index (χ1n) is 6.83. The second-order valence-electron chi connectivity index (χ2n) is 5.46. The summed E-state index contributed by atoms with van der Waals surface area (Å²) in [7, 11) is 0. The lowest BCUT2D eigenvalue weighted by Crippen LogP contribution is -2.37. The molecule has 3 atom stereocenters. The Morgan fingerprint density at radius 1 is 1.40 bits per heavy atom. The number of halogens is 1. The Bertz CT molecular complexity index is 655. The highest BCUT2D eigenvalue weighted by molar-refractivity contribution is 5.69. The molecule has 104 valence electrons. The lowest BCUT2D eigenvalue weighted by atomic mass is 9.85. The molecule has 0 radical (unpaired) electrons. The summed E-state index contributed by atoms with van der Waals surface area (Å²) in [5, 5.41) is 10.2. The minimum Gasteiger partial charge on any atom is -0.390 e. The second-order valence-corrected chi connectivity index (χ2v) is 5.46. The Balaban J connectivity index is 1.85. The number of aromatic nitrogens is 2. The van der Waals surface area contributed by atoms with Crippen LogP contribution in [0.3, 0.4) is 0 Å². The molecule has 1 N–H and O–H groups in total. The minimum atomic E-state index is -0.529. The number of benzene rings is 1. The summed E-state index contributed by atoms with van der Waals surface area (Å²) in [6.07, 6.45) is 3.79. The number of ether oxygens (including phenoxy) is 1. The number of aliphatic hydroxyl groups excluding tert-OH is 1. The van der Waals surface area contributed by atoms with E-state index in [4.69, 9.17) is 4.74 Å². The molecule has 1 aromatic heterocycles. The van der Waals surface area contributed by atoms with Crippen molar-refractivity contribution in [2.24, 2.45) is 5.92 Å². The average Bonchev–Trinajstić information content (AvgIpc) is 3.00. The molecule has 2 aliphatic rings. The average molecular weight is 274 g/mol. The molecule has 3 heterocycles. The van der Waals surface area contributed by atoms with E-state index in [1.165, 1.54) is 6.07 Å². The molecule has 2 aliphatic heterocycles. The van der Waals surface area contributed by atoms with E-state index in [2.05, 4.69) is 4.98 Å². The van der Waals surface area contributed by atoms with Gasteiger partial charge in [-0.1, -0.05) is 0 Å². The molecular formula is C15H15FN2O2. The van der Waals surface area contributed by atoms with Crippen molar-refractivity contribution < 1.29 is 14.2 Å². The Kier molecular flexibility index (Phi) is 2.65. The minimum absolute atomic E-state index is 0.0275. The van der Waals surface area contributed by atoms with E-state index < -0.39 is 6.10 Å². The Morgan fingerprint density at radius 3 is 3.15 bits per heavy atom. The fourth-order valence-corrected chi connectivity index (χ4v) is 3.44. The van der Waals surface area contributed by atoms with Gasteiger partial charge in [0.05, 0.1) is 37.0 Å². The highest BCUT2D eigenvalue weighted by Gasteiger charge is 2.39. The zero-order valence-electron chi connectivity index (χ0n) is 10.9. The topological polar surface area (TPSA) is 47.3 Å². The molecule has 0 bridgehead atoms. The third-order valence-corrected chi connectivity index (χ3v) is 4.36. The Hall–Kier alpha value is -1.72. The summed E-state index contributed by atoms with van der Waals surface area (Å²) >= 11 is 0. The largest absolute Gasteiger partial charge is 0.390 e. The number of hydrogen-bond acceptors (Lipinski definition) is 3. The summed E-state index contributed by atoms with van der Waals surface area (Å²) in [4.78, 5) is 4.19. The van der Waals surface area contributed by atoms with Gasteiger partial charge in [0.1, 0.15) is 5.82 Å². The maximum atomic E-state index is 13.6. The lowest BCUT2D eigenvalue weighted by Gasteiger charge is -2.33. The molecular weight excluding hydrogens is 259 g/mol. The summed E-state index contributed by atoms with van der Waals surface area (Å²) in [6.45, 7) is 0.975. The van der Waals surface area contributed by atoms with Crippen LogP contribution in [0, 0.1) is 11.7 Å². The van der Waals surface area contributed by atoms with E-state index in [1.807, 2.05) is 4.57 Å². The summed E-state index contributed by atoms with van der Waals surface area (Å²) in [5.74, 6) is -0.214. The number of imidazole rings is 1. The van der Waals surface area contributed by atoms with Gasteiger partial charge in [0.2, 0.25) is 0 Å². The Morgan fingerprint density at radius 2 is 2.30 bits per heavy atom. The van der Waals surface area contributed by atoms with Crippen molar-refractivity contribution in [3.8, 4) is 11.3 Å². The molecule has 1 saturated heterocycles. The van der Waals surface area contributed by atoms with Crippen molar-refractivity contribution in [1.29, 1.82) is 0 Å². The number of nitrogens with zero attached hydrogens (tertiary/aromatic N) is 2. The molecule has 0 unspecified atom stereocenters. The second kappa shape index (κ2) is 4.40. The van der Waals surface area contributed by atoms with Crippen LogP contribution in [0.15, 0.2) is 30.7 Å². The Labute approximate surface area is 115 Å². The van der Waals surface area contributed by atoms with Crippen LogP contribution in [0.25, 0.3) is 11.3 Å². The fraction of sp³-hybridized carbons (Fsp3) is 0.400. The molecule has 4 nitrogen and oxygen atoms in total. The van der Waals surface area contributed by atoms with Gasteiger partial charge in [0, 0.05) is 18.1 Å². The number of aliphatic hydroxyl groups is 1. The molecule has 2 aromatic rings. The van der Waals surface area contributed by atoms with Gasteiger partial charge in [-0.2, -0.15) is 0 Å². The molecule has 1 aromatic carbocycles. The quantitative estimate of drug-likeness (QED) is 0.865. The maximum Gasteiger partial charge on any atom is 0.123 e. The van der Waals surface area contributed by atoms with Gasteiger partial charge < -0.3 is 14.4 Å². The van der Waals surface area contributed by atoms with Crippen LogP contribution in [0.5, 0.6) is 0 Å². The molecule has 20 heavy (non-hydrogen) atoms. The van der Waals surface area contributed by atoms with Gasteiger partial charge in [-0.05, 0) is 30.2 Å². The van der Waals surface area contributed by atoms with Crippen LogP contribution in [-0.4, -0.2) is 34.0 Å². The van der Waals surface area contributed by atoms with Crippen LogP contribution in [0.1, 0.15) is 18.0 Å². The van der Waals surface area contributed by atoms with Gasteiger partial charge in [-0.15, -0.1) is 0 Å². The summed E-state index contributed by atoms with van der Waals surface area (Å²) in [5.41, 5.74) is 2.93. The highest BCUT2D eigenvalue weighted by atomic mass is 19.1. The zero-order valence-corrected chi connectivity index (χ0v) is 10.9. The highest BCUT2D eigenvalue weighted by Crippen LogP contribution is 2.45. The monoisotopic (exact) mass is 274 g/mol. The van der Waals surface area contributed by atoms with E-state index in [0.717, 1.165) is 23.2 Å². The normalized spacial score (nSPS) is 28.2. The summed E-state index contributed by atoms with van der Waals surface area (Å²) in [6, 6.07) is 4.79. The molecule has 1 fully saturated rings. The first-order chi connectivity index (χ1) is 9.75. The third kappa shape index (κ3) is 1.63. The fourth-order valence-electron chi connectivity index (χ4n) is 3.44. The predicted octanol–water partition coefficient (Wildman–Crippen LogP) is 1.99. The maximum absolute atomic E-state index is 13.6. The van der Waals surface area contributed by atoms with Gasteiger partial charge in [-0.25, -0.2) is 9.37 Å². The first kappa shape index (κ1) is 12.1. The van der Waals surface area contributed by atoms with Crippen LogP contribution in [0.2, 0.25) is 0 Å². The smallest absolute Gasteiger partial charge is 0.123 e. The molecule has 4 rings (SSSR count). The van der Waals surface area contributed by atoms with Crippen molar-refractivity contribution >= 4 is 0 Å². The van der Waals surface area contributed by atoms with Crippen LogP contribution < -0.4 is 0 Å². The van der Waals surface area contributed by atoms with E-state index in [-0.39, 0.29) is 17.8 Å². The molecule has 0 spiro atoms. The van der Waals surface area contributed by atoms with Crippen molar-refractivity contribution in [2.75, 3.05) is 13.2 Å². The van der Waals surface area contributed by atoms with Crippen molar-refractivity contribution in [3.63, 3.8) is 0 Å². The van der Waals surface area contributed by atoms with Crippen LogP contribution in [-0.2, 0) is 4.74 Å². The predicted molar refractivity (Wildman–Crippen MR) is 70.7 cm³/mol. The van der Waals surface area contributed by atoms with Crippen molar-refractivity contribution in [1.82, 2.24) is 9.55 Å². The number of fused-ring (bicyclic) bond motifs is 3. The van der Waals surface area contributed by atoms with Gasteiger partial charge >= 0.3 is 0 Å². The number of rotatable bonds is 1. The number of hydrogen-bond donors (Lipinski definition) is 1. The van der Waals surface area contributed by atoms with Gasteiger partial charge in [-0.3, -0.25) is 0 Å². The van der Waals surface area contributed by atoms with Gasteiger partial charge in [0.25, 0.3) is 0 Å². The van der Waals surface area contributed by atoms with Crippen LogP contribution >= 0.6 is 0 Å². The standard InChI is InChI=1S/C15H15FN2O2/c16-9-1-2-10-12(5-9)15(18-8-17-6-13(10)18)11-3-4-20-7-14(11)19/h1-2,5-6,8,11,14-15,19H,3-4,7H2/t11-,14-,15+/m0/s1. The SMILES string of the molecule is O[C@H]1COCC[C@@H]1[C@@H]1c2cc(F)ccc2-c2cncn21. The van der Waals surface area contributed by atoms with Crippen molar-refractivity contribution in [2.45, 2.75) is 18.6 Å². The van der Waals surface area contributed by atoms with E-state index >= 15 is 0 Å². The molecule has 5 heteroatoms. The van der Waals surface area contributed by atoms with Crippen LogP contribution in [0.4, 0.5) is 4.39 Å². The van der Waals surface area contributed by atoms with E-state index in [0.29, 0.717) is 13.2 Å². The van der Waals surface area contributed by atoms with E-state index in [1.54, 1.807) is 24.7 Å². The van der Waals surface area contributed by atoms with E-state index in [9.17, 15) is 9.50 Å². The molecule has 0 saturated carbocycles. The zero-order chi connectivity index (χ0) is 13.7. The molecule has 0 aliphatic carbocycles. The first-order valence-corrected chi connectivity index (χ1v) is 6.83. The van der Waals surface area contributed by atoms with Crippen molar-refractivity contribution in [3.05, 3.63) is 42.1 Å². The third-order valence-electron chi connectivity index (χ3n) is 4.36.